The number of thiophene rings is 1. The zero-order valence-corrected chi connectivity index (χ0v) is 17.2. The number of carbonyl (C=O) groups excluding carboxylic acids is 1. The van der Waals surface area contributed by atoms with E-state index in [4.69, 9.17) is 4.74 Å². The van der Waals surface area contributed by atoms with Crippen molar-refractivity contribution in [3.05, 3.63) is 77.4 Å². The molecular formula is C20H19FN2O4S2. The number of sulfonamides is 1. The number of ether oxygens (including phenoxy) is 1. The lowest BCUT2D eigenvalue weighted by atomic mass is 10.2. The second-order valence-electron chi connectivity index (χ2n) is 6.02. The molecule has 3 rings (SSSR count). The van der Waals surface area contributed by atoms with Gasteiger partial charge in [-0.2, -0.15) is 0 Å². The maximum absolute atomic E-state index is 14.3. The van der Waals surface area contributed by atoms with Crippen LogP contribution >= 0.6 is 11.3 Å². The fourth-order valence-electron chi connectivity index (χ4n) is 2.60. The minimum atomic E-state index is -4.09. The molecule has 0 spiro atoms. The molecule has 0 aliphatic rings. The van der Waals surface area contributed by atoms with E-state index in [1.807, 2.05) is 0 Å². The summed E-state index contributed by atoms with van der Waals surface area (Å²) >= 11 is 1.00. The highest BCUT2D eigenvalue weighted by molar-refractivity contribution is 7.94. The third-order valence-electron chi connectivity index (χ3n) is 4.10. The molecule has 6 nitrogen and oxygen atoms in total. The highest BCUT2D eigenvalue weighted by Gasteiger charge is 2.29. The molecule has 0 unspecified atom stereocenters. The molecule has 0 saturated carbocycles. The first-order valence-electron chi connectivity index (χ1n) is 8.62. The number of benzene rings is 2. The van der Waals surface area contributed by atoms with Crippen LogP contribution in [0.4, 0.5) is 10.1 Å². The number of para-hydroxylation sites is 1. The highest BCUT2D eigenvalue weighted by Crippen LogP contribution is 2.28. The summed E-state index contributed by atoms with van der Waals surface area (Å²) in [4.78, 5) is 12.5. The third kappa shape index (κ3) is 4.93. The van der Waals surface area contributed by atoms with Gasteiger partial charge in [-0.1, -0.05) is 30.3 Å². The van der Waals surface area contributed by atoms with Gasteiger partial charge >= 0.3 is 0 Å². The van der Waals surface area contributed by atoms with Crippen molar-refractivity contribution >= 4 is 33.0 Å². The molecule has 0 aliphatic carbocycles. The molecule has 1 heterocycles. The van der Waals surface area contributed by atoms with Crippen LogP contribution in [0.5, 0.6) is 5.75 Å². The SMILES string of the molecule is COc1ccc(CNC(=O)CN(c2ccccc2F)S(=O)(=O)c2cccs2)cc1. The molecule has 0 radical (unpaired) electrons. The van der Waals surface area contributed by atoms with E-state index in [0.29, 0.717) is 5.75 Å². The van der Waals surface area contributed by atoms with Gasteiger partial charge in [0.1, 0.15) is 22.3 Å². The second kappa shape index (κ2) is 9.06. The molecule has 2 aromatic carbocycles. The average molecular weight is 435 g/mol. The van der Waals surface area contributed by atoms with Crippen LogP contribution in [0.2, 0.25) is 0 Å². The topological polar surface area (TPSA) is 75.7 Å². The van der Waals surface area contributed by atoms with E-state index in [9.17, 15) is 17.6 Å². The van der Waals surface area contributed by atoms with Crippen LogP contribution < -0.4 is 14.4 Å². The van der Waals surface area contributed by atoms with Crippen molar-refractivity contribution in [2.75, 3.05) is 18.0 Å². The van der Waals surface area contributed by atoms with Crippen molar-refractivity contribution in [3.8, 4) is 5.75 Å². The molecule has 0 bridgehead atoms. The van der Waals surface area contributed by atoms with Crippen LogP contribution in [0, 0.1) is 5.82 Å². The summed E-state index contributed by atoms with van der Waals surface area (Å²) in [7, 11) is -2.53. The fourth-order valence-corrected chi connectivity index (χ4v) is 5.14. The number of anilines is 1. The van der Waals surface area contributed by atoms with E-state index in [1.165, 1.54) is 24.3 Å². The Kier molecular flexibility index (Phi) is 6.50. The number of amides is 1. The molecule has 0 fully saturated rings. The molecular weight excluding hydrogens is 415 g/mol. The third-order valence-corrected chi connectivity index (χ3v) is 7.23. The van der Waals surface area contributed by atoms with E-state index in [0.717, 1.165) is 27.3 Å². The number of nitrogens with one attached hydrogen (secondary N) is 1. The van der Waals surface area contributed by atoms with Crippen molar-refractivity contribution in [1.29, 1.82) is 0 Å². The number of nitrogens with zero attached hydrogens (tertiary/aromatic N) is 1. The van der Waals surface area contributed by atoms with Crippen LogP contribution in [0.1, 0.15) is 5.56 Å². The number of methoxy groups -OCH3 is 1. The molecule has 29 heavy (non-hydrogen) atoms. The molecule has 152 valence electrons. The first-order chi connectivity index (χ1) is 13.9. The number of carbonyl (C=O) groups is 1. The van der Waals surface area contributed by atoms with Crippen LogP contribution in [0.15, 0.2) is 70.3 Å². The summed E-state index contributed by atoms with van der Waals surface area (Å²) in [6.07, 6.45) is 0. The van der Waals surface area contributed by atoms with Crippen molar-refractivity contribution < 1.29 is 22.3 Å². The van der Waals surface area contributed by atoms with Gasteiger partial charge in [0, 0.05) is 6.54 Å². The lowest BCUT2D eigenvalue weighted by Crippen LogP contribution is -2.40. The van der Waals surface area contributed by atoms with Crippen molar-refractivity contribution in [3.63, 3.8) is 0 Å². The van der Waals surface area contributed by atoms with Gasteiger partial charge in [-0.15, -0.1) is 11.3 Å². The molecule has 3 aromatic rings. The summed E-state index contributed by atoms with van der Waals surface area (Å²) in [5.41, 5.74) is 0.637. The predicted molar refractivity (Wildman–Crippen MR) is 110 cm³/mol. The Bertz CT molecular complexity index is 1070. The Balaban J connectivity index is 1.79. The van der Waals surface area contributed by atoms with Crippen molar-refractivity contribution in [2.45, 2.75) is 10.8 Å². The van der Waals surface area contributed by atoms with E-state index in [-0.39, 0.29) is 16.4 Å². The van der Waals surface area contributed by atoms with E-state index in [2.05, 4.69) is 5.32 Å². The first kappa shape index (κ1) is 20.8. The zero-order valence-electron chi connectivity index (χ0n) is 15.5. The smallest absolute Gasteiger partial charge is 0.274 e. The highest BCUT2D eigenvalue weighted by atomic mass is 32.2. The van der Waals surface area contributed by atoms with Gasteiger partial charge in [0.05, 0.1) is 12.8 Å². The number of hydrogen-bond acceptors (Lipinski definition) is 5. The normalized spacial score (nSPS) is 11.1. The number of hydrogen-bond donors (Lipinski definition) is 1. The largest absolute Gasteiger partial charge is 0.497 e. The van der Waals surface area contributed by atoms with Gasteiger partial charge in [-0.3, -0.25) is 9.10 Å². The van der Waals surface area contributed by atoms with Crippen LogP contribution in [0.25, 0.3) is 0 Å². The number of rotatable bonds is 8. The summed E-state index contributed by atoms with van der Waals surface area (Å²) in [5, 5.41) is 4.28. The Morgan fingerprint density at radius 2 is 1.83 bits per heavy atom. The summed E-state index contributed by atoms with van der Waals surface area (Å²) < 4.78 is 46.2. The summed E-state index contributed by atoms with van der Waals surface area (Å²) in [5.74, 6) is -0.590. The monoisotopic (exact) mass is 434 g/mol. The van der Waals surface area contributed by atoms with Gasteiger partial charge in [-0.25, -0.2) is 12.8 Å². The zero-order chi connectivity index (χ0) is 20.9. The average Bonchev–Trinajstić information content (AvgIpc) is 3.27. The van der Waals surface area contributed by atoms with Gasteiger partial charge in [-0.05, 0) is 41.3 Å². The molecule has 0 saturated heterocycles. The molecule has 0 atom stereocenters. The van der Waals surface area contributed by atoms with Crippen LogP contribution in [0.3, 0.4) is 0 Å². The van der Waals surface area contributed by atoms with Crippen molar-refractivity contribution in [2.24, 2.45) is 0 Å². The second-order valence-corrected chi connectivity index (χ2v) is 9.06. The molecule has 0 aliphatic heterocycles. The van der Waals surface area contributed by atoms with Gasteiger partial charge in [0.15, 0.2) is 0 Å². The summed E-state index contributed by atoms with van der Waals surface area (Å²) in [6.45, 7) is -0.343. The molecule has 9 heteroatoms. The maximum atomic E-state index is 14.3. The van der Waals surface area contributed by atoms with Gasteiger partial charge in [0.25, 0.3) is 10.0 Å². The van der Waals surface area contributed by atoms with E-state index >= 15 is 0 Å². The summed E-state index contributed by atoms with van der Waals surface area (Å²) in [6, 6.07) is 15.6. The minimum Gasteiger partial charge on any atom is -0.497 e. The van der Waals surface area contributed by atoms with Crippen LogP contribution in [-0.2, 0) is 21.4 Å². The van der Waals surface area contributed by atoms with Gasteiger partial charge < -0.3 is 10.1 Å². The predicted octanol–water partition coefficient (Wildman–Crippen LogP) is 3.41. The maximum Gasteiger partial charge on any atom is 0.274 e. The Labute approximate surface area is 172 Å². The lowest BCUT2D eigenvalue weighted by molar-refractivity contribution is -0.119. The fraction of sp³-hybridized carbons (Fsp3) is 0.150. The van der Waals surface area contributed by atoms with E-state index in [1.54, 1.807) is 42.8 Å². The number of halogens is 1. The molecule has 1 aromatic heterocycles. The van der Waals surface area contributed by atoms with Crippen molar-refractivity contribution in [1.82, 2.24) is 5.32 Å². The Morgan fingerprint density at radius 1 is 1.10 bits per heavy atom. The standard InChI is InChI=1S/C20H19FN2O4S2/c1-27-16-10-8-15(9-11-16)13-22-19(24)14-23(18-6-3-2-5-17(18)21)29(25,26)20-7-4-12-28-20/h2-12H,13-14H2,1H3,(H,22,24). The quantitative estimate of drug-likeness (QED) is 0.590. The van der Waals surface area contributed by atoms with Gasteiger partial charge in [0.2, 0.25) is 5.91 Å². The minimum absolute atomic E-state index is 0.0312. The van der Waals surface area contributed by atoms with Crippen LogP contribution in [-0.4, -0.2) is 28.0 Å². The Hall–Kier alpha value is -2.91. The molecule has 1 N–H and O–H groups in total. The lowest BCUT2D eigenvalue weighted by Gasteiger charge is -2.23. The first-order valence-corrected chi connectivity index (χ1v) is 10.9. The molecule has 1 amide bonds. The van der Waals surface area contributed by atoms with E-state index < -0.39 is 28.3 Å². The Morgan fingerprint density at radius 3 is 2.45 bits per heavy atom.